The van der Waals surface area contributed by atoms with E-state index in [-0.39, 0.29) is 17.8 Å². The van der Waals surface area contributed by atoms with E-state index in [9.17, 15) is 9.59 Å². The molecular weight excluding hydrogens is 334 g/mol. The number of nitrogens with zero attached hydrogens (tertiary/aromatic N) is 5. The summed E-state index contributed by atoms with van der Waals surface area (Å²) in [7, 11) is 0. The average molecular weight is 349 g/mol. The zero-order valence-electron chi connectivity index (χ0n) is 14.2. The Kier molecular flexibility index (Phi) is 3.72. The van der Waals surface area contributed by atoms with Gasteiger partial charge in [-0.3, -0.25) is 4.98 Å². The van der Waals surface area contributed by atoms with Gasteiger partial charge in [0.05, 0.1) is 24.0 Å². The lowest BCUT2D eigenvalue weighted by Gasteiger charge is -2.05. The van der Waals surface area contributed by atoms with Crippen LogP contribution in [0.2, 0.25) is 0 Å². The zero-order valence-corrected chi connectivity index (χ0v) is 14.2. The number of fused-ring (bicyclic) bond motifs is 3. The van der Waals surface area contributed by atoms with Crippen LogP contribution >= 0.6 is 0 Å². The molecule has 0 fully saturated rings. The third kappa shape index (κ3) is 2.34. The minimum atomic E-state index is -0.548. The number of carbonyl (C=O) groups excluding carboxylic acids is 1. The van der Waals surface area contributed by atoms with Gasteiger partial charge in [-0.2, -0.15) is 4.68 Å². The van der Waals surface area contributed by atoms with Crippen molar-refractivity contribution in [3.8, 4) is 5.69 Å². The Labute approximate surface area is 147 Å². The molecule has 0 radical (unpaired) electrons. The molecule has 3 heterocycles. The topological polar surface area (TPSA) is 91.4 Å². The first-order chi connectivity index (χ1) is 12.6. The molecule has 3 aromatic heterocycles. The highest BCUT2D eigenvalue weighted by atomic mass is 16.5. The number of benzene rings is 1. The molecule has 0 unspecified atom stereocenters. The lowest BCUT2D eigenvalue weighted by molar-refractivity contribution is 0.0530. The van der Waals surface area contributed by atoms with E-state index in [4.69, 9.17) is 4.74 Å². The van der Waals surface area contributed by atoms with Gasteiger partial charge in [0.25, 0.3) is 0 Å². The Morgan fingerprint density at radius 2 is 2.12 bits per heavy atom. The number of ether oxygens (including phenoxy) is 1. The molecule has 1 aromatic carbocycles. The van der Waals surface area contributed by atoms with Crippen LogP contribution in [0.4, 0.5) is 0 Å². The van der Waals surface area contributed by atoms with Crippen molar-refractivity contribution in [2.45, 2.75) is 13.8 Å². The Bertz CT molecular complexity index is 1210. The van der Waals surface area contributed by atoms with Crippen LogP contribution in [-0.2, 0) is 4.74 Å². The third-order valence-electron chi connectivity index (χ3n) is 4.07. The molecule has 0 bridgehead atoms. The molecule has 0 N–H and O–H groups in total. The number of aromatic nitrogens is 5. The van der Waals surface area contributed by atoms with Gasteiger partial charge in [-0.1, -0.05) is 17.3 Å². The molecule has 26 heavy (non-hydrogen) atoms. The summed E-state index contributed by atoms with van der Waals surface area (Å²) < 4.78 is 7.66. The SMILES string of the molecule is CCOC(=O)c1c2ccncc2n2c(=O)n(-c3cccc(C)c3)nnc12. The quantitative estimate of drug-likeness (QED) is 0.525. The molecule has 0 amide bonds. The Morgan fingerprint density at radius 1 is 1.27 bits per heavy atom. The number of rotatable bonds is 3. The summed E-state index contributed by atoms with van der Waals surface area (Å²) in [6.07, 6.45) is 3.08. The summed E-state index contributed by atoms with van der Waals surface area (Å²) in [4.78, 5) is 29.6. The lowest BCUT2D eigenvalue weighted by atomic mass is 10.2. The molecular formula is C18H15N5O3. The van der Waals surface area contributed by atoms with Crippen LogP contribution in [0, 0.1) is 6.92 Å². The van der Waals surface area contributed by atoms with Gasteiger partial charge in [0.15, 0.2) is 5.65 Å². The second-order valence-electron chi connectivity index (χ2n) is 5.77. The van der Waals surface area contributed by atoms with E-state index in [1.54, 1.807) is 25.3 Å². The molecule has 0 aliphatic heterocycles. The average Bonchev–Trinajstić information content (AvgIpc) is 2.97. The van der Waals surface area contributed by atoms with Gasteiger partial charge in [-0.05, 0) is 37.6 Å². The smallest absolute Gasteiger partial charge is 0.357 e. The zero-order chi connectivity index (χ0) is 18.3. The summed E-state index contributed by atoms with van der Waals surface area (Å²) in [6.45, 7) is 3.86. The van der Waals surface area contributed by atoms with Crippen LogP contribution in [0.15, 0.2) is 47.5 Å². The van der Waals surface area contributed by atoms with Crippen molar-refractivity contribution in [3.05, 3.63) is 64.3 Å². The monoisotopic (exact) mass is 349 g/mol. The van der Waals surface area contributed by atoms with Gasteiger partial charge in [0.1, 0.15) is 5.56 Å². The van der Waals surface area contributed by atoms with E-state index < -0.39 is 11.7 Å². The fraction of sp³-hybridized carbons (Fsp3) is 0.167. The molecule has 0 atom stereocenters. The molecule has 8 nitrogen and oxygen atoms in total. The molecule has 0 spiro atoms. The van der Waals surface area contributed by atoms with Crippen molar-refractivity contribution in [2.24, 2.45) is 0 Å². The standard InChI is InChI=1S/C18H15N5O3/c1-3-26-17(24)15-13-7-8-19-10-14(13)22-16(15)20-21-23(18(22)25)12-6-4-5-11(2)9-12/h4-10H,3H2,1-2H3. The van der Waals surface area contributed by atoms with E-state index in [1.807, 2.05) is 25.1 Å². The van der Waals surface area contributed by atoms with E-state index >= 15 is 0 Å². The Hall–Kier alpha value is -3.55. The maximum Gasteiger partial charge on any atom is 0.357 e. The molecule has 0 aliphatic rings. The van der Waals surface area contributed by atoms with Crippen molar-refractivity contribution in [1.82, 2.24) is 24.4 Å². The van der Waals surface area contributed by atoms with Crippen LogP contribution in [0.1, 0.15) is 22.8 Å². The van der Waals surface area contributed by atoms with E-state index in [0.29, 0.717) is 16.6 Å². The highest BCUT2D eigenvalue weighted by Crippen LogP contribution is 2.24. The van der Waals surface area contributed by atoms with Crippen LogP contribution in [0.5, 0.6) is 0 Å². The predicted molar refractivity (Wildman–Crippen MR) is 94.6 cm³/mol. The Morgan fingerprint density at radius 3 is 2.88 bits per heavy atom. The molecule has 0 saturated carbocycles. The van der Waals surface area contributed by atoms with Crippen molar-refractivity contribution in [2.75, 3.05) is 6.61 Å². The minimum absolute atomic E-state index is 0.153. The summed E-state index contributed by atoms with van der Waals surface area (Å²) in [5.74, 6) is -0.548. The highest BCUT2D eigenvalue weighted by molar-refractivity contribution is 6.10. The largest absolute Gasteiger partial charge is 0.462 e. The first-order valence-electron chi connectivity index (χ1n) is 8.10. The summed E-state index contributed by atoms with van der Waals surface area (Å²) in [6, 6.07) is 9.02. The summed E-state index contributed by atoms with van der Waals surface area (Å²) in [5.41, 5.74) is 1.99. The van der Waals surface area contributed by atoms with Gasteiger partial charge >= 0.3 is 11.7 Å². The third-order valence-corrected chi connectivity index (χ3v) is 4.07. The number of carbonyl (C=O) groups is 1. The second kappa shape index (κ2) is 6.07. The van der Waals surface area contributed by atoms with Crippen molar-refractivity contribution in [3.63, 3.8) is 0 Å². The van der Waals surface area contributed by atoms with Crippen molar-refractivity contribution >= 4 is 22.5 Å². The Balaban J connectivity index is 2.09. The minimum Gasteiger partial charge on any atom is -0.462 e. The number of pyridine rings is 1. The first-order valence-corrected chi connectivity index (χ1v) is 8.10. The molecule has 4 rings (SSSR count). The number of hydrogen-bond acceptors (Lipinski definition) is 6. The second-order valence-corrected chi connectivity index (χ2v) is 5.77. The maximum absolute atomic E-state index is 13.1. The van der Waals surface area contributed by atoms with Crippen LogP contribution in [-0.4, -0.2) is 37.0 Å². The first kappa shape index (κ1) is 15.9. The molecule has 4 aromatic rings. The fourth-order valence-electron chi connectivity index (χ4n) is 2.96. The van der Waals surface area contributed by atoms with Crippen molar-refractivity contribution in [1.29, 1.82) is 0 Å². The van der Waals surface area contributed by atoms with Gasteiger partial charge < -0.3 is 4.74 Å². The van der Waals surface area contributed by atoms with Gasteiger partial charge in [0.2, 0.25) is 0 Å². The number of hydrogen-bond donors (Lipinski definition) is 0. The van der Waals surface area contributed by atoms with E-state index in [2.05, 4.69) is 15.3 Å². The summed E-state index contributed by atoms with van der Waals surface area (Å²) in [5, 5.41) is 8.71. The fourth-order valence-corrected chi connectivity index (χ4v) is 2.96. The van der Waals surface area contributed by atoms with Gasteiger partial charge in [0, 0.05) is 11.6 Å². The highest BCUT2D eigenvalue weighted by Gasteiger charge is 2.23. The molecule has 0 aliphatic carbocycles. The van der Waals surface area contributed by atoms with Gasteiger partial charge in [-0.25, -0.2) is 14.0 Å². The van der Waals surface area contributed by atoms with Crippen LogP contribution in [0.3, 0.4) is 0 Å². The summed E-state index contributed by atoms with van der Waals surface area (Å²) >= 11 is 0. The molecule has 130 valence electrons. The normalized spacial score (nSPS) is 11.2. The van der Waals surface area contributed by atoms with Gasteiger partial charge in [-0.15, -0.1) is 5.10 Å². The van der Waals surface area contributed by atoms with Crippen molar-refractivity contribution < 1.29 is 9.53 Å². The predicted octanol–water partition coefficient (Wildman–Crippen LogP) is 1.91. The van der Waals surface area contributed by atoms with E-state index in [1.165, 1.54) is 15.3 Å². The number of esters is 1. The van der Waals surface area contributed by atoms with Crippen LogP contribution in [0.25, 0.3) is 22.2 Å². The molecule has 8 heteroatoms. The number of aryl methyl sites for hydroxylation is 1. The van der Waals surface area contributed by atoms with E-state index in [0.717, 1.165) is 5.56 Å². The lowest BCUT2D eigenvalue weighted by Crippen LogP contribution is -2.29. The maximum atomic E-state index is 13.1. The van der Waals surface area contributed by atoms with Crippen LogP contribution < -0.4 is 5.69 Å². The molecule has 0 saturated heterocycles.